The number of aromatic nitrogens is 1. The van der Waals surface area contributed by atoms with Crippen molar-refractivity contribution in [3.05, 3.63) is 59.9 Å². The van der Waals surface area contributed by atoms with Crippen LogP contribution in [0.2, 0.25) is 0 Å². The van der Waals surface area contributed by atoms with Crippen LogP contribution in [0.5, 0.6) is 5.75 Å². The highest BCUT2D eigenvalue weighted by atomic mass is 16.5. The van der Waals surface area contributed by atoms with Gasteiger partial charge in [0.05, 0.1) is 13.2 Å². The van der Waals surface area contributed by atoms with Crippen molar-refractivity contribution in [2.45, 2.75) is 19.9 Å². The van der Waals surface area contributed by atoms with E-state index in [4.69, 9.17) is 4.74 Å². The van der Waals surface area contributed by atoms with Gasteiger partial charge in [0.15, 0.2) is 0 Å². The van der Waals surface area contributed by atoms with Crippen LogP contribution >= 0.6 is 0 Å². The van der Waals surface area contributed by atoms with Crippen LogP contribution in [0.15, 0.2) is 48.8 Å². The Kier molecular flexibility index (Phi) is 7.58. The zero-order valence-electron chi connectivity index (χ0n) is 16.8. The van der Waals surface area contributed by atoms with E-state index in [-0.39, 0.29) is 11.8 Å². The van der Waals surface area contributed by atoms with E-state index in [9.17, 15) is 9.59 Å². The number of carbonyl (C=O) groups is 2. The number of amides is 2. The van der Waals surface area contributed by atoms with Crippen LogP contribution in [0.4, 0.5) is 0 Å². The summed E-state index contributed by atoms with van der Waals surface area (Å²) in [4.78, 5) is 32.9. The topological polar surface area (TPSA) is 74.8 Å². The molecule has 0 spiro atoms. The van der Waals surface area contributed by atoms with Crippen molar-refractivity contribution in [1.82, 2.24) is 20.1 Å². The SMILES string of the molecule is CCOc1cccc(CNC(=O)CN2CCCN(C(=O)c3ccncc3)CC2)c1. The summed E-state index contributed by atoms with van der Waals surface area (Å²) in [6.07, 6.45) is 4.11. The predicted molar refractivity (Wildman–Crippen MR) is 111 cm³/mol. The molecule has 2 amide bonds. The van der Waals surface area contributed by atoms with Crippen molar-refractivity contribution in [3.8, 4) is 5.75 Å². The number of pyridine rings is 1. The van der Waals surface area contributed by atoms with Gasteiger partial charge in [0.25, 0.3) is 5.91 Å². The molecule has 154 valence electrons. The molecule has 1 fully saturated rings. The monoisotopic (exact) mass is 396 g/mol. The van der Waals surface area contributed by atoms with Gasteiger partial charge in [-0.25, -0.2) is 0 Å². The fraction of sp³-hybridized carbons (Fsp3) is 0.409. The van der Waals surface area contributed by atoms with Crippen molar-refractivity contribution >= 4 is 11.8 Å². The summed E-state index contributed by atoms with van der Waals surface area (Å²) in [5.41, 5.74) is 1.66. The molecule has 7 nitrogen and oxygen atoms in total. The average molecular weight is 396 g/mol. The van der Waals surface area contributed by atoms with E-state index in [1.807, 2.05) is 36.1 Å². The fourth-order valence-corrected chi connectivity index (χ4v) is 3.38. The molecule has 1 aromatic carbocycles. The number of nitrogens with zero attached hydrogens (tertiary/aromatic N) is 3. The third-order valence-corrected chi connectivity index (χ3v) is 4.87. The van der Waals surface area contributed by atoms with E-state index >= 15 is 0 Å². The number of ether oxygens (including phenoxy) is 1. The second-order valence-corrected chi connectivity index (χ2v) is 7.01. The second-order valence-electron chi connectivity index (χ2n) is 7.01. The smallest absolute Gasteiger partial charge is 0.254 e. The van der Waals surface area contributed by atoms with Gasteiger partial charge in [0.2, 0.25) is 5.91 Å². The molecule has 0 radical (unpaired) electrons. The van der Waals surface area contributed by atoms with Crippen LogP contribution in [0, 0.1) is 0 Å². The number of hydrogen-bond acceptors (Lipinski definition) is 5. The lowest BCUT2D eigenvalue weighted by molar-refractivity contribution is -0.122. The highest BCUT2D eigenvalue weighted by molar-refractivity contribution is 5.94. The second kappa shape index (κ2) is 10.6. The highest BCUT2D eigenvalue weighted by Gasteiger charge is 2.21. The normalized spacial score (nSPS) is 14.9. The van der Waals surface area contributed by atoms with Gasteiger partial charge < -0.3 is 15.0 Å². The minimum atomic E-state index is -0.0132. The third-order valence-electron chi connectivity index (χ3n) is 4.87. The first-order valence-electron chi connectivity index (χ1n) is 10.1. The van der Waals surface area contributed by atoms with Crippen LogP contribution in [0.3, 0.4) is 0 Å². The first-order chi connectivity index (χ1) is 14.2. The highest BCUT2D eigenvalue weighted by Crippen LogP contribution is 2.13. The van der Waals surface area contributed by atoms with E-state index in [1.54, 1.807) is 24.5 Å². The lowest BCUT2D eigenvalue weighted by Gasteiger charge is -2.21. The maximum atomic E-state index is 12.6. The number of benzene rings is 1. The number of nitrogens with one attached hydrogen (secondary N) is 1. The van der Waals surface area contributed by atoms with E-state index < -0.39 is 0 Å². The molecule has 0 bridgehead atoms. The van der Waals surface area contributed by atoms with Gasteiger partial charge in [-0.15, -0.1) is 0 Å². The maximum absolute atomic E-state index is 12.6. The van der Waals surface area contributed by atoms with E-state index in [2.05, 4.69) is 15.2 Å². The van der Waals surface area contributed by atoms with E-state index in [1.165, 1.54) is 0 Å². The van der Waals surface area contributed by atoms with Crippen molar-refractivity contribution in [2.24, 2.45) is 0 Å². The molecule has 2 heterocycles. The molecular formula is C22H28N4O3. The van der Waals surface area contributed by atoms with Gasteiger partial charge in [-0.1, -0.05) is 12.1 Å². The number of hydrogen-bond donors (Lipinski definition) is 1. The van der Waals surface area contributed by atoms with Crippen LogP contribution in [-0.2, 0) is 11.3 Å². The molecule has 0 unspecified atom stereocenters. The standard InChI is InChI=1S/C22H28N4O3/c1-2-29-20-6-3-5-18(15-20)16-24-21(27)17-25-11-4-12-26(14-13-25)22(28)19-7-9-23-10-8-19/h3,5-10,15H,2,4,11-14,16-17H2,1H3,(H,24,27). The van der Waals surface area contributed by atoms with Crippen LogP contribution in [0.1, 0.15) is 29.3 Å². The molecule has 1 aliphatic rings. The lowest BCUT2D eigenvalue weighted by atomic mass is 10.2. The van der Waals surface area contributed by atoms with Crippen molar-refractivity contribution in [1.29, 1.82) is 0 Å². The molecule has 1 N–H and O–H groups in total. The summed E-state index contributed by atoms with van der Waals surface area (Å²) in [6, 6.07) is 11.2. The molecule has 1 aromatic heterocycles. The Labute approximate surface area is 171 Å². The van der Waals surface area contributed by atoms with Gasteiger partial charge in [0.1, 0.15) is 5.75 Å². The van der Waals surface area contributed by atoms with Gasteiger partial charge >= 0.3 is 0 Å². The van der Waals surface area contributed by atoms with Crippen LogP contribution in [-0.4, -0.2) is 65.9 Å². The summed E-state index contributed by atoms with van der Waals surface area (Å²) in [5, 5.41) is 2.97. The fourth-order valence-electron chi connectivity index (χ4n) is 3.38. The summed E-state index contributed by atoms with van der Waals surface area (Å²) >= 11 is 0. The van der Waals surface area contributed by atoms with Gasteiger partial charge in [0, 0.05) is 50.7 Å². The Morgan fingerprint density at radius 2 is 1.93 bits per heavy atom. The average Bonchev–Trinajstić information content (AvgIpc) is 2.98. The molecular weight excluding hydrogens is 368 g/mol. The predicted octanol–water partition coefficient (Wildman–Crippen LogP) is 1.94. The third kappa shape index (κ3) is 6.29. The molecule has 0 saturated carbocycles. The van der Waals surface area contributed by atoms with Crippen molar-refractivity contribution in [3.63, 3.8) is 0 Å². The Bertz CT molecular complexity index is 813. The largest absolute Gasteiger partial charge is 0.494 e. The zero-order valence-corrected chi connectivity index (χ0v) is 16.8. The molecule has 0 atom stereocenters. The first kappa shape index (κ1) is 20.8. The Balaban J connectivity index is 1.45. The molecule has 2 aromatic rings. The van der Waals surface area contributed by atoms with Gasteiger partial charge in [-0.2, -0.15) is 0 Å². The minimum Gasteiger partial charge on any atom is -0.494 e. The Morgan fingerprint density at radius 1 is 1.10 bits per heavy atom. The molecule has 1 saturated heterocycles. The Hall–Kier alpha value is -2.93. The van der Waals surface area contributed by atoms with E-state index in [0.29, 0.717) is 44.9 Å². The molecule has 29 heavy (non-hydrogen) atoms. The number of carbonyl (C=O) groups excluding carboxylic acids is 2. The van der Waals surface area contributed by atoms with Crippen molar-refractivity contribution < 1.29 is 14.3 Å². The minimum absolute atomic E-state index is 0.0132. The van der Waals surface area contributed by atoms with Gasteiger partial charge in [-0.05, 0) is 43.2 Å². The summed E-state index contributed by atoms with van der Waals surface area (Å²) in [5.74, 6) is 0.819. The first-order valence-corrected chi connectivity index (χ1v) is 10.1. The van der Waals surface area contributed by atoms with E-state index in [0.717, 1.165) is 24.3 Å². The molecule has 0 aliphatic carbocycles. The van der Waals surface area contributed by atoms with Crippen LogP contribution in [0.25, 0.3) is 0 Å². The number of rotatable bonds is 7. The van der Waals surface area contributed by atoms with Gasteiger partial charge in [-0.3, -0.25) is 19.5 Å². The summed E-state index contributed by atoms with van der Waals surface area (Å²) in [6.45, 7) is 6.17. The quantitative estimate of drug-likeness (QED) is 0.774. The lowest BCUT2D eigenvalue weighted by Crippen LogP contribution is -2.39. The Morgan fingerprint density at radius 3 is 2.72 bits per heavy atom. The van der Waals surface area contributed by atoms with Crippen LogP contribution < -0.4 is 10.1 Å². The molecule has 3 rings (SSSR count). The van der Waals surface area contributed by atoms with Crippen molar-refractivity contribution in [2.75, 3.05) is 39.3 Å². The molecule has 7 heteroatoms. The summed E-state index contributed by atoms with van der Waals surface area (Å²) in [7, 11) is 0. The zero-order chi connectivity index (χ0) is 20.5. The molecule has 1 aliphatic heterocycles. The maximum Gasteiger partial charge on any atom is 0.254 e. The summed E-state index contributed by atoms with van der Waals surface area (Å²) < 4.78 is 5.49.